The molecule has 0 bridgehead atoms. The van der Waals surface area contributed by atoms with Gasteiger partial charge in [0, 0.05) is 64.4 Å². The highest BCUT2D eigenvalue weighted by molar-refractivity contribution is 7.13. The lowest BCUT2D eigenvalue weighted by atomic mass is 9.85. The predicted octanol–water partition coefficient (Wildman–Crippen LogP) is 4.65. The van der Waals surface area contributed by atoms with Gasteiger partial charge in [-0.05, 0) is 67.7 Å². The summed E-state index contributed by atoms with van der Waals surface area (Å²) in [6.45, 7) is 10.8. The summed E-state index contributed by atoms with van der Waals surface area (Å²) < 4.78 is 22.0. The minimum Gasteiger partial charge on any atom is -0.488 e. The maximum Gasteiger partial charge on any atom is 0.247 e. The van der Waals surface area contributed by atoms with Gasteiger partial charge in [0.15, 0.2) is 11.6 Å². The van der Waals surface area contributed by atoms with Crippen molar-refractivity contribution in [1.82, 2.24) is 35.2 Å². The first-order chi connectivity index (χ1) is 34.2. The summed E-state index contributed by atoms with van der Waals surface area (Å²) in [4.78, 5) is 103. The van der Waals surface area contributed by atoms with E-state index in [2.05, 4.69) is 15.6 Å². The van der Waals surface area contributed by atoms with Crippen LogP contribution in [0.25, 0.3) is 10.4 Å². The number of thiazole rings is 1. The summed E-state index contributed by atoms with van der Waals surface area (Å²) in [5.41, 5.74) is 16.7. The van der Waals surface area contributed by atoms with Crippen LogP contribution in [0.4, 0.5) is 4.39 Å². The Labute approximate surface area is 436 Å². The zero-order chi connectivity index (χ0) is 52.4. The SMILES string of the molecule is CC(=O)N1CCC2=CC[C@@H](N(C=O)[C@@H](CCC(N)=O)COc3cccc(CCCCCC(=O)N[C@H](C(=O)N4C[C@H](O)C[C@H]4C(=O)N[C@@H](C)c4ccc(-c5scnc5C)cc4)C(C)(C)C)c3F)N2C(=O)[C@@H](N)C1.Cl. The van der Waals surface area contributed by atoms with Crippen molar-refractivity contribution in [3.63, 3.8) is 0 Å². The largest absolute Gasteiger partial charge is 0.488 e. The van der Waals surface area contributed by atoms with Gasteiger partial charge in [-0.25, -0.2) is 9.37 Å². The number of fused-ring (bicyclic) bond motifs is 1. The summed E-state index contributed by atoms with van der Waals surface area (Å²) in [5, 5.41) is 16.6. The number of amides is 7. The number of nitrogens with one attached hydrogen (secondary N) is 2. The van der Waals surface area contributed by atoms with Crippen molar-refractivity contribution < 1.29 is 47.8 Å². The molecule has 2 fully saturated rings. The fourth-order valence-corrected chi connectivity index (χ4v) is 10.4. The van der Waals surface area contributed by atoms with E-state index < -0.39 is 71.3 Å². The lowest BCUT2D eigenvalue weighted by Crippen LogP contribution is -2.59. The monoisotopic (exact) mass is 1050 g/mol. The molecular formula is C52H71ClFN9O9S. The summed E-state index contributed by atoms with van der Waals surface area (Å²) >= 11 is 1.56. The molecule has 73 heavy (non-hydrogen) atoms. The highest BCUT2D eigenvalue weighted by Gasteiger charge is 2.45. The number of unbranched alkanes of at least 4 members (excludes halogenated alkanes) is 2. The van der Waals surface area contributed by atoms with E-state index in [9.17, 15) is 38.7 Å². The third kappa shape index (κ3) is 14.6. The Balaban J connectivity index is 0.00000988. The van der Waals surface area contributed by atoms with Crippen LogP contribution < -0.4 is 26.8 Å². The Bertz CT molecular complexity index is 2490. The van der Waals surface area contributed by atoms with Gasteiger partial charge in [0.1, 0.15) is 30.9 Å². The molecule has 7 amide bonds. The van der Waals surface area contributed by atoms with E-state index in [0.29, 0.717) is 56.3 Å². The maximum atomic E-state index is 16.0. The van der Waals surface area contributed by atoms with Gasteiger partial charge < -0.3 is 46.6 Å². The molecular weight excluding hydrogens is 981 g/mol. The van der Waals surface area contributed by atoms with E-state index in [1.807, 2.05) is 65.0 Å². The number of halogens is 2. The minimum atomic E-state index is -1.03. The van der Waals surface area contributed by atoms with E-state index in [1.54, 1.807) is 29.0 Å². The summed E-state index contributed by atoms with van der Waals surface area (Å²) in [6, 6.07) is 8.49. The Morgan fingerprint density at radius 3 is 2.42 bits per heavy atom. The molecule has 0 saturated carbocycles. The molecule has 1 aromatic heterocycles. The molecule has 3 aliphatic heterocycles. The molecule has 4 heterocycles. The molecule has 3 aromatic rings. The van der Waals surface area contributed by atoms with Gasteiger partial charge in [0.25, 0.3) is 0 Å². The number of nitrogens with two attached hydrogens (primary N) is 2. The molecule has 0 unspecified atom stereocenters. The first-order valence-corrected chi connectivity index (χ1v) is 25.6. The van der Waals surface area contributed by atoms with Gasteiger partial charge in [-0.3, -0.25) is 38.5 Å². The molecule has 21 heteroatoms. The van der Waals surface area contributed by atoms with Crippen LogP contribution in [0.5, 0.6) is 5.75 Å². The number of aliphatic hydroxyl groups is 1. The predicted molar refractivity (Wildman–Crippen MR) is 276 cm³/mol. The topological polar surface area (TPSA) is 251 Å². The minimum absolute atomic E-state index is 0. The van der Waals surface area contributed by atoms with Gasteiger partial charge in [0.05, 0.1) is 34.3 Å². The first kappa shape index (κ1) is 57.9. The van der Waals surface area contributed by atoms with Crippen molar-refractivity contribution in [1.29, 1.82) is 0 Å². The number of primary amides is 1. The number of nitrogens with zero attached hydrogens (tertiary/aromatic N) is 5. The van der Waals surface area contributed by atoms with Crippen LogP contribution in [0.2, 0.25) is 0 Å². The molecule has 18 nitrogen and oxygen atoms in total. The van der Waals surface area contributed by atoms with Gasteiger partial charge >= 0.3 is 0 Å². The number of aliphatic hydroxyl groups excluding tert-OH is 1. The smallest absolute Gasteiger partial charge is 0.247 e. The van der Waals surface area contributed by atoms with Crippen molar-refractivity contribution in [3.8, 4) is 16.2 Å². The Morgan fingerprint density at radius 2 is 1.78 bits per heavy atom. The molecule has 6 rings (SSSR count). The van der Waals surface area contributed by atoms with Gasteiger partial charge in [0.2, 0.25) is 41.9 Å². The molecule has 7 N–H and O–H groups in total. The molecule has 0 aliphatic carbocycles. The molecule has 398 valence electrons. The zero-order valence-corrected chi connectivity index (χ0v) is 44.1. The number of ether oxygens (including phenoxy) is 1. The van der Waals surface area contributed by atoms with Crippen molar-refractivity contribution in [3.05, 3.63) is 82.4 Å². The van der Waals surface area contributed by atoms with Crippen LogP contribution in [-0.4, -0.2) is 134 Å². The highest BCUT2D eigenvalue weighted by atomic mass is 35.5. The summed E-state index contributed by atoms with van der Waals surface area (Å²) in [5.74, 6) is -3.14. The van der Waals surface area contributed by atoms with Crippen LogP contribution in [0.3, 0.4) is 0 Å². The average molecular weight is 1050 g/mol. The normalized spacial score (nSPS) is 20.1. The van der Waals surface area contributed by atoms with E-state index in [1.165, 1.54) is 32.6 Å². The number of likely N-dealkylation sites (tertiary alicyclic amines) is 1. The fourth-order valence-electron chi connectivity index (χ4n) is 9.62. The van der Waals surface area contributed by atoms with Crippen LogP contribution in [-0.2, 0) is 40.0 Å². The van der Waals surface area contributed by atoms with E-state index in [0.717, 1.165) is 21.7 Å². The third-order valence-electron chi connectivity index (χ3n) is 13.7. The lowest BCUT2D eigenvalue weighted by molar-refractivity contribution is -0.144. The maximum absolute atomic E-state index is 16.0. The number of benzene rings is 2. The second kappa shape index (κ2) is 25.8. The molecule has 7 atom stereocenters. The average Bonchev–Trinajstić information content (AvgIpc) is 4.07. The first-order valence-electron chi connectivity index (χ1n) is 24.7. The summed E-state index contributed by atoms with van der Waals surface area (Å²) in [7, 11) is 0. The number of aromatic nitrogens is 1. The number of hydrogen-bond acceptors (Lipinski definition) is 12. The number of rotatable bonds is 21. The molecule has 2 saturated heterocycles. The van der Waals surface area contributed by atoms with Gasteiger partial charge in [-0.2, -0.15) is 0 Å². The van der Waals surface area contributed by atoms with Crippen LogP contribution >= 0.6 is 23.7 Å². The molecule has 0 radical (unpaired) electrons. The van der Waals surface area contributed by atoms with Crippen molar-refractivity contribution in [2.75, 3.05) is 26.2 Å². The van der Waals surface area contributed by atoms with Crippen molar-refractivity contribution in [2.24, 2.45) is 16.9 Å². The van der Waals surface area contributed by atoms with Crippen molar-refractivity contribution in [2.45, 2.75) is 148 Å². The number of carbonyl (C=O) groups excluding carboxylic acids is 7. The Morgan fingerprint density at radius 1 is 1.05 bits per heavy atom. The van der Waals surface area contributed by atoms with Crippen molar-refractivity contribution >= 4 is 65.6 Å². The Kier molecular flexibility index (Phi) is 20.5. The quantitative estimate of drug-likeness (QED) is 0.0726. The van der Waals surface area contributed by atoms with Crippen LogP contribution in [0.15, 0.2) is 59.7 Å². The van der Waals surface area contributed by atoms with E-state index in [-0.39, 0.29) is 87.8 Å². The van der Waals surface area contributed by atoms with Crippen LogP contribution in [0.1, 0.15) is 115 Å². The number of aryl methyl sites for hydroxylation is 2. The van der Waals surface area contributed by atoms with Gasteiger partial charge in [-0.15, -0.1) is 23.7 Å². The number of β-amino-alcohol motifs (C(OH)–C–C–N with tert-alkyl or cyclic N) is 1. The second-order valence-electron chi connectivity index (χ2n) is 20.1. The lowest BCUT2D eigenvalue weighted by Gasteiger charge is -2.41. The van der Waals surface area contributed by atoms with Crippen LogP contribution in [0, 0.1) is 18.2 Å². The third-order valence-corrected chi connectivity index (χ3v) is 14.7. The highest BCUT2D eigenvalue weighted by Crippen LogP contribution is 2.33. The van der Waals surface area contributed by atoms with E-state index >= 15 is 4.39 Å². The molecule has 0 spiro atoms. The summed E-state index contributed by atoms with van der Waals surface area (Å²) in [6.07, 6.45) is 3.35. The molecule has 3 aliphatic rings. The molecule has 2 aromatic carbocycles. The van der Waals surface area contributed by atoms with Gasteiger partial charge in [-0.1, -0.05) is 69.7 Å². The number of hydrogen-bond donors (Lipinski definition) is 5. The van der Waals surface area contributed by atoms with E-state index in [4.69, 9.17) is 16.2 Å². The second-order valence-corrected chi connectivity index (χ2v) is 21.0. The fraction of sp³-hybridized carbons (Fsp3) is 0.538. The zero-order valence-electron chi connectivity index (χ0n) is 42.5. The Hall–Kier alpha value is -5.96. The standard InChI is InChI=1S/C52H70FN9O9S.ClH/c1-31(34-15-17-36(18-16-34)47-32(2)56-29-72-47)57-49(68)41-25-39(65)26-60(41)51(70)48(52(4,5)6)58-44(67)14-9-7-8-11-35-12-10-13-42(46(35)53)71-28-38(19-21-43(55)66)61(30-63)45-22-20-37-23-24-59(33(3)64)27-40(54)50(69)62(37)45;/h10,12-13,15-18,20,29-31,38-41,45,48,65H,7-9,11,14,19,21-28,54H2,1-6H3,(H2,55,66)(H,57,68)(H,58,67);1H/t31-,38-,39+,40-,41-,45-,48+;/m0./s1. The number of carbonyl (C=O) groups is 7.